The third kappa shape index (κ3) is 3.33. The van der Waals surface area contributed by atoms with Crippen LogP contribution in [0.2, 0.25) is 0 Å². The molecule has 0 N–H and O–H groups in total. The molecule has 2 bridgehead atoms. The summed E-state index contributed by atoms with van der Waals surface area (Å²) in [4.78, 5) is 13.8. The number of nitrogens with zero attached hydrogens (tertiary/aromatic N) is 1. The van der Waals surface area contributed by atoms with Crippen LogP contribution in [0.1, 0.15) is 47.3 Å². The molecule has 33 heavy (non-hydrogen) atoms. The Morgan fingerprint density at radius 2 is 1.42 bits per heavy atom. The van der Waals surface area contributed by atoms with Gasteiger partial charge in [0.2, 0.25) is 0 Å². The Hall–Kier alpha value is -2.90. The van der Waals surface area contributed by atoms with Crippen LogP contribution in [0.3, 0.4) is 0 Å². The third-order valence-corrected chi connectivity index (χ3v) is 9.50. The second kappa shape index (κ2) is 8.15. The number of rotatable bonds is 5. The summed E-state index contributed by atoms with van der Waals surface area (Å²) in [6.07, 6.45) is 0. The molecule has 3 aromatic carbocycles. The molecule has 168 valence electrons. The van der Waals surface area contributed by atoms with Gasteiger partial charge in [-0.1, -0.05) is 66.7 Å². The minimum Gasteiger partial charge on any atom is -0.465 e. The van der Waals surface area contributed by atoms with Crippen molar-refractivity contribution in [2.45, 2.75) is 34.7 Å². The summed E-state index contributed by atoms with van der Waals surface area (Å²) in [5.74, 6) is -0.868. The maximum Gasteiger partial charge on any atom is 0.329 e. The average Bonchev–Trinajstić information content (AvgIpc) is 2.84. The summed E-state index contributed by atoms with van der Waals surface area (Å²) in [6, 6.07) is 24.2. The second-order valence-corrected chi connectivity index (χ2v) is 11.1. The normalized spacial score (nSPS) is 23.5. The van der Waals surface area contributed by atoms with Gasteiger partial charge in [-0.2, -0.15) is 12.8 Å². The quantitative estimate of drug-likeness (QED) is 0.377. The second-order valence-electron chi connectivity index (χ2n) is 8.11. The summed E-state index contributed by atoms with van der Waals surface area (Å²) in [7, 11) is -4.00. The Labute approximate surface area is 198 Å². The highest BCUT2D eigenvalue weighted by Crippen LogP contribution is 2.64. The van der Waals surface area contributed by atoms with Crippen molar-refractivity contribution in [1.29, 1.82) is 0 Å². The summed E-state index contributed by atoms with van der Waals surface area (Å²) in [5.41, 5.74) is 4.54. The maximum absolute atomic E-state index is 13.7. The first kappa shape index (κ1) is 21.9. The molecule has 1 atom stereocenters. The van der Waals surface area contributed by atoms with Crippen LogP contribution >= 0.6 is 11.8 Å². The molecular weight excluding hydrogens is 454 g/mol. The van der Waals surface area contributed by atoms with Crippen LogP contribution < -0.4 is 0 Å². The van der Waals surface area contributed by atoms with E-state index in [1.807, 2.05) is 36.4 Å². The van der Waals surface area contributed by atoms with Crippen LogP contribution in [0, 0.1) is 0 Å². The van der Waals surface area contributed by atoms with Gasteiger partial charge in [0, 0.05) is 5.92 Å². The van der Waals surface area contributed by atoms with Gasteiger partial charge in [-0.15, -0.1) is 11.8 Å². The third-order valence-electron chi connectivity index (χ3n) is 6.30. The molecule has 5 nitrogen and oxygen atoms in total. The topological polar surface area (TPSA) is 72.8 Å². The van der Waals surface area contributed by atoms with E-state index in [-0.39, 0.29) is 22.5 Å². The predicted octanol–water partition coefficient (Wildman–Crippen LogP) is 5.12. The standard InChI is InChI=1S/C26H23NO4S2/c1-3-31-25(28)26(17(2)27-33(29,30)18-11-5-4-6-12-18)23-19-13-7-9-15-21(19)24(32-26)22-16-10-8-14-20(22)23/h4-16,23-24H,3H2,1-2H3/b27-17-. The summed E-state index contributed by atoms with van der Waals surface area (Å²) in [6.45, 7) is 3.59. The number of carbonyl (C=O) groups is 1. The van der Waals surface area contributed by atoms with Crippen molar-refractivity contribution in [1.82, 2.24) is 0 Å². The lowest BCUT2D eigenvalue weighted by molar-refractivity contribution is -0.144. The van der Waals surface area contributed by atoms with E-state index in [0.717, 1.165) is 22.3 Å². The summed E-state index contributed by atoms with van der Waals surface area (Å²) in [5, 5.41) is -0.128. The number of esters is 1. The molecule has 0 spiro atoms. The fourth-order valence-corrected chi connectivity index (χ4v) is 7.90. The van der Waals surface area contributed by atoms with E-state index in [4.69, 9.17) is 4.74 Å². The van der Waals surface area contributed by atoms with Gasteiger partial charge < -0.3 is 4.74 Å². The molecular formula is C26H23NO4S2. The van der Waals surface area contributed by atoms with E-state index >= 15 is 0 Å². The van der Waals surface area contributed by atoms with E-state index in [0.29, 0.717) is 0 Å². The molecule has 0 amide bonds. The zero-order valence-corrected chi connectivity index (χ0v) is 19.9. The monoisotopic (exact) mass is 477 g/mol. The largest absolute Gasteiger partial charge is 0.465 e. The van der Waals surface area contributed by atoms with E-state index in [1.165, 1.54) is 23.9 Å². The van der Waals surface area contributed by atoms with Crippen LogP contribution in [0.4, 0.5) is 0 Å². The van der Waals surface area contributed by atoms with Gasteiger partial charge in [0.25, 0.3) is 10.0 Å². The van der Waals surface area contributed by atoms with Gasteiger partial charge >= 0.3 is 5.97 Å². The lowest BCUT2D eigenvalue weighted by Gasteiger charge is -2.50. The molecule has 6 rings (SSSR count). The number of sulfonamides is 1. The Bertz CT molecular complexity index is 1320. The van der Waals surface area contributed by atoms with Crippen LogP contribution in [-0.4, -0.2) is 31.5 Å². The Morgan fingerprint density at radius 1 is 0.909 bits per heavy atom. The molecule has 3 aromatic rings. The van der Waals surface area contributed by atoms with Crippen molar-refractivity contribution >= 4 is 33.5 Å². The summed E-state index contributed by atoms with van der Waals surface area (Å²) < 4.78 is 34.8. The minimum atomic E-state index is -4.00. The summed E-state index contributed by atoms with van der Waals surface area (Å²) >= 11 is 1.44. The first-order valence-corrected chi connectivity index (χ1v) is 13.1. The van der Waals surface area contributed by atoms with Crippen molar-refractivity contribution < 1.29 is 17.9 Å². The minimum absolute atomic E-state index is 0.0927. The number of carbonyl (C=O) groups excluding carboxylic acids is 1. The molecule has 0 saturated heterocycles. The molecule has 0 fully saturated rings. The smallest absolute Gasteiger partial charge is 0.329 e. The average molecular weight is 478 g/mol. The number of benzene rings is 3. The molecule has 2 aliphatic heterocycles. The van der Waals surface area contributed by atoms with Crippen LogP contribution in [-0.2, 0) is 19.6 Å². The van der Waals surface area contributed by atoms with Gasteiger partial charge in [0.1, 0.15) is 0 Å². The van der Waals surface area contributed by atoms with Gasteiger partial charge in [-0.05, 0) is 48.2 Å². The molecule has 0 aromatic heterocycles. The van der Waals surface area contributed by atoms with Crippen LogP contribution in [0.5, 0.6) is 0 Å². The number of hydrogen-bond acceptors (Lipinski definition) is 5. The van der Waals surface area contributed by atoms with Gasteiger partial charge in [-0.25, -0.2) is 0 Å². The van der Waals surface area contributed by atoms with Crippen molar-refractivity contribution in [3.05, 3.63) is 101 Å². The SMILES string of the molecule is CCOC(=O)C1(/C(C)=N\S(=O)(=O)c2ccccc2)SC2c3ccccc3C1c1ccccc12. The number of hydrogen-bond donors (Lipinski definition) is 0. The highest BCUT2D eigenvalue weighted by Gasteiger charge is 2.60. The maximum atomic E-state index is 13.7. The number of thioether (sulfide) groups is 1. The van der Waals surface area contributed by atoms with Gasteiger partial charge in [0.05, 0.1) is 22.5 Å². The first-order chi connectivity index (χ1) is 15.9. The Balaban J connectivity index is 1.76. The van der Waals surface area contributed by atoms with E-state index in [2.05, 4.69) is 16.5 Å². The zero-order chi connectivity index (χ0) is 23.2. The zero-order valence-electron chi connectivity index (χ0n) is 18.3. The van der Waals surface area contributed by atoms with Crippen LogP contribution in [0.25, 0.3) is 0 Å². The molecule has 1 unspecified atom stereocenters. The molecule has 2 heterocycles. The molecule has 1 aliphatic carbocycles. The van der Waals surface area contributed by atoms with Crippen molar-refractivity contribution in [3.63, 3.8) is 0 Å². The van der Waals surface area contributed by atoms with Crippen molar-refractivity contribution in [3.8, 4) is 0 Å². The fourth-order valence-electron chi connectivity index (χ4n) is 4.92. The van der Waals surface area contributed by atoms with E-state index in [9.17, 15) is 13.2 Å². The van der Waals surface area contributed by atoms with E-state index in [1.54, 1.807) is 32.0 Å². The fraction of sp³-hybridized carbons (Fsp3) is 0.231. The van der Waals surface area contributed by atoms with Gasteiger partial charge in [-0.3, -0.25) is 4.79 Å². The Morgan fingerprint density at radius 3 is 1.97 bits per heavy atom. The molecule has 0 radical (unpaired) electrons. The lowest BCUT2D eigenvalue weighted by Crippen LogP contribution is -2.54. The highest BCUT2D eigenvalue weighted by atomic mass is 32.2. The molecule has 0 saturated carbocycles. The highest BCUT2D eigenvalue weighted by molar-refractivity contribution is 8.03. The van der Waals surface area contributed by atoms with Crippen molar-refractivity contribution in [2.75, 3.05) is 6.61 Å². The number of ether oxygens (including phenoxy) is 1. The Kier molecular flexibility index (Phi) is 5.41. The van der Waals surface area contributed by atoms with E-state index < -0.39 is 26.7 Å². The predicted molar refractivity (Wildman–Crippen MR) is 130 cm³/mol. The first-order valence-electron chi connectivity index (χ1n) is 10.8. The molecule has 3 aliphatic rings. The number of fused-ring (bicyclic) bond motifs is 1. The van der Waals surface area contributed by atoms with Crippen LogP contribution in [0.15, 0.2) is 88.2 Å². The molecule has 7 heteroatoms. The van der Waals surface area contributed by atoms with Crippen molar-refractivity contribution in [2.24, 2.45) is 4.40 Å². The lowest BCUT2D eigenvalue weighted by atomic mass is 9.69. The van der Waals surface area contributed by atoms with Gasteiger partial charge in [0.15, 0.2) is 4.75 Å².